The number of hydrogen-bond acceptors (Lipinski definition) is 5. The van der Waals surface area contributed by atoms with Crippen molar-refractivity contribution < 1.29 is 39.3 Å². The molecular formula is C30H19F6N3O4S. The molecule has 1 N–H and O–H groups in total. The third kappa shape index (κ3) is 5.36. The van der Waals surface area contributed by atoms with Crippen LogP contribution in [0.25, 0.3) is 33.6 Å². The molecule has 2 heterocycles. The Morgan fingerprint density at radius 3 is 1.86 bits per heavy atom. The van der Waals surface area contributed by atoms with Crippen molar-refractivity contribution in [2.45, 2.75) is 23.7 Å². The van der Waals surface area contributed by atoms with Crippen LogP contribution in [0.3, 0.4) is 0 Å². The Labute approximate surface area is 245 Å². The molecule has 0 spiro atoms. The zero-order valence-electron chi connectivity index (χ0n) is 22.2. The van der Waals surface area contributed by atoms with Gasteiger partial charge in [-0.2, -0.15) is 26.3 Å². The highest BCUT2D eigenvalue weighted by molar-refractivity contribution is 7.93. The van der Waals surface area contributed by atoms with Gasteiger partial charge >= 0.3 is 18.1 Å². The van der Waals surface area contributed by atoms with Crippen molar-refractivity contribution in [2.75, 3.05) is 10.8 Å². The van der Waals surface area contributed by atoms with E-state index in [4.69, 9.17) is 0 Å². The van der Waals surface area contributed by atoms with Crippen molar-refractivity contribution in [3.63, 3.8) is 0 Å². The zero-order chi connectivity index (χ0) is 31.4. The van der Waals surface area contributed by atoms with Gasteiger partial charge < -0.3 is 0 Å². The van der Waals surface area contributed by atoms with Gasteiger partial charge in [0.05, 0.1) is 21.7 Å². The van der Waals surface area contributed by atoms with E-state index in [9.17, 15) is 39.6 Å². The lowest BCUT2D eigenvalue weighted by atomic mass is 10.0. The lowest BCUT2D eigenvalue weighted by Crippen LogP contribution is -2.29. The van der Waals surface area contributed by atoms with Gasteiger partial charge in [0.1, 0.15) is 0 Å². The van der Waals surface area contributed by atoms with Gasteiger partial charge in [-0.05, 0) is 83.3 Å². The number of alkyl halides is 6. The van der Waals surface area contributed by atoms with Crippen LogP contribution >= 0.6 is 0 Å². The Bertz CT molecular complexity index is 2030. The number of nitrogens with zero attached hydrogens (tertiary/aromatic N) is 2. The second-order valence-electron chi connectivity index (χ2n) is 9.98. The van der Waals surface area contributed by atoms with Crippen molar-refractivity contribution in [1.29, 1.82) is 0 Å². The van der Waals surface area contributed by atoms with E-state index < -0.39 is 39.3 Å². The number of halogens is 6. The molecule has 0 saturated heterocycles. The minimum Gasteiger partial charge on any atom is -0.296 e. The fourth-order valence-electron chi connectivity index (χ4n) is 5.09. The molecule has 0 atom stereocenters. The molecule has 1 aliphatic rings. The molecule has 0 aliphatic carbocycles. The van der Waals surface area contributed by atoms with E-state index in [0.29, 0.717) is 28.8 Å². The molecule has 44 heavy (non-hydrogen) atoms. The van der Waals surface area contributed by atoms with E-state index in [1.54, 1.807) is 18.2 Å². The molecule has 0 fully saturated rings. The van der Waals surface area contributed by atoms with Crippen molar-refractivity contribution in [2.24, 2.45) is 0 Å². The van der Waals surface area contributed by atoms with E-state index in [1.165, 1.54) is 34.6 Å². The first kappa shape index (κ1) is 29.2. The van der Waals surface area contributed by atoms with Crippen molar-refractivity contribution in [1.82, 2.24) is 10.1 Å². The average Bonchev–Trinajstić information content (AvgIpc) is 3.62. The minimum atomic E-state index is -4.60. The Kier molecular flexibility index (Phi) is 6.91. The van der Waals surface area contributed by atoms with Crippen LogP contribution in [0.5, 0.6) is 0 Å². The van der Waals surface area contributed by atoms with Crippen LogP contribution in [0.4, 0.5) is 32.0 Å². The van der Waals surface area contributed by atoms with Gasteiger partial charge in [-0.3, -0.25) is 13.8 Å². The Balaban J connectivity index is 1.40. The topological polar surface area (TPSA) is 96.3 Å². The quantitative estimate of drug-likeness (QED) is 0.208. The fraction of sp³-hybridized carbons (Fsp3) is 0.133. The number of aromatic amines is 1. The second kappa shape index (κ2) is 10.4. The molecular weight excluding hydrogens is 612 g/mol. The van der Waals surface area contributed by atoms with Crippen LogP contribution in [0.15, 0.2) is 99.1 Å². The lowest BCUT2D eigenvalue weighted by molar-refractivity contribution is -0.138. The largest absolute Gasteiger partial charge is 0.439 e. The summed E-state index contributed by atoms with van der Waals surface area (Å²) in [5, 5.41) is 3.61. The summed E-state index contributed by atoms with van der Waals surface area (Å²) in [4.78, 5) is 13.7. The molecule has 5 aromatic rings. The first-order valence-corrected chi connectivity index (χ1v) is 14.4. The van der Waals surface area contributed by atoms with Crippen LogP contribution in [0, 0.1) is 0 Å². The van der Waals surface area contributed by atoms with Gasteiger partial charge in [-0.1, -0.05) is 35.5 Å². The summed E-state index contributed by atoms with van der Waals surface area (Å²) in [6, 6.07) is 17.6. The van der Waals surface area contributed by atoms with Gasteiger partial charge in [-0.25, -0.2) is 13.2 Å². The number of anilines is 1. The van der Waals surface area contributed by atoms with Gasteiger partial charge in [-0.15, -0.1) is 0 Å². The third-order valence-electron chi connectivity index (χ3n) is 7.26. The summed E-state index contributed by atoms with van der Waals surface area (Å²) in [6.07, 6.45) is -8.76. The number of H-pyrrole nitrogens is 1. The molecule has 0 radical (unpaired) electrons. The van der Waals surface area contributed by atoms with Crippen molar-refractivity contribution in [3.05, 3.63) is 112 Å². The summed E-state index contributed by atoms with van der Waals surface area (Å²) in [5.41, 5.74) is 0.928. The smallest absolute Gasteiger partial charge is 0.296 e. The van der Waals surface area contributed by atoms with Crippen LogP contribution < -0.4 is 10.1 Å². The maximum absolute atomic E-state index is 14.1. The molecule has 0 amide bonds. The van der Waals surface area contributed by atoms with Crippen LogP contribution in [0.2, 0.25) is 0 Å². The highest BCUT2D eigenvalue weighted by atomic mass is 32.2. The maximum atomic E-state index is 14.1. The van der Waals surface area contributed by atoms with Crippen LogP contribution in [-0.4, -0.2) is 25.1 Å². The molecule has 226 valence electrons. The first-order chi connectivity index (χ1) is 20.7. The maximum Gasteiger partial charge on any atom is 0.439 e. The van der Waals surface area contributed by atoms with Crippen LogP contribution in [0.1, 0.15) is 16.7 Å². The van der Waals surface area contributed by atoms with Crippen molar-refractivity contribution >= 4 is 15.7 Å². The molecule has 6 rings (SSSR count). The summed E-state index contributed by atoms with van der Waals surface area (Å²) >= 11 is 0. The number of nitrogens with one attached hydrogen (secondary N) is 1. The third-order valence-corrected chi connectivity index (χ3v) is 9.13. The summed E-state index contributed by atoms with van der Waals surface area (Å²) < 4.78 is 113. The molecule has 0 bridgehead atoms. The molecule has 1 aliphatic heterocycles. The molecule has 4 aromatic carbocycles. The number of benzene rings is 4. The number of rotatable bonds is 5. The van der Waals surface area contributed by atoms with Gasteiger partial charge in [0, 0.05) is 17.7 Å². The molecule has 0 saturated carbocycles. The van der Waals surface area contributed by atoms with E-state index in [1.807, 2.05) is 0 Å². The molecule has 0 unspecified atom stereocenters. The van der Waals surface area contributed by atoms with Gasteiger partial charge in [0.15, 0.2) is 5.82 Å². The summed E-state index contributed by atoms with van der Waals surface area (Å²) in [6.45, 7) is 0.0545. The highest BCUT2D eigenvalue weighted by Gasteiger charge is 2.34. The number of fused-ring (bicyclic) bond motifs is 1. The van der Waals surface area contributed by atoms with E-state index >= 15 is 0 Å². The molecule has 1 aromatic heterocycles. The number of aromatic nitrogens is 2. The first-order valence-electron chi connectivity index (χ1n) is 12.9. The molecule has 14 heteroatoms. The minimum absolute atomic E-state index is 0.00516. The second-order valence-corrected chi connectivity index (χ2v) is 11.8. The SMILES string of the molecule is O=c1[nH]c(-c2ccc(S(=O)(=O)N3CCc4cc(-c5ccc(C(F)(F)F)cc5)ccc43)c(-c3ccc(C(F)(F)F)cc3)c2)no1. The predicted octanol–water partition coefficient (Wildman–Crippen LogP) is 7.15. The Morgan fingerprint density at radius 1 is 0.727 bits per heavy atom. The fourth-order valence-corrected chi connectivity index (χ4v) is 6.79. The standard InChI is InChI=1S/C30H19F6N3O4S/c31-29(32,33)22-7-1-17(2-8-22)19-5-11-25-20(15-19)13-14-39(25)44(41,42)26-12-6-21(27-37-28(40)43-38-27)16-24(26)18-3-9-23(10-4-18)30(34,35)36/h1-12,15-16H,13-14H2,(H,37,38,40). The van der Waals surface area contributed by atoms with E-state index in [0.717, 1.165) is 36.4 Å². The number of sulfonamides is 1. The van der Waals surface area contributed by atoms with Gasteiger partial charge in [0.2, 0.25) is 0 Å². The summed E-state index contributed by atoms with van der Waals surface area (Å²) in [7, 11) is -4.29. The van der Waals surface area contributed by atoms with Crippen LogP contribution in [-0.2, 0) is 28.8 Å². The number of hydrogen-bond donors (Lipinski definition) is 1. The monoisotopic (exact) mass is 631 g/mol. The summed E-state index contributed by atoms with van der Waals surface area (Å²) in [5.74, 6) is -0.855. The zero-order valence-corrected chi connectivity index (χ0v) is 23.0. The normalized spacial score (nSPS) is 13.7. The van der Waals surface area contributed by atoms with E-state index in [2.05, 4.69) is 14.7 Å². The lowest BCUT2D eigenvalue weighted by Gasteiger charge is -2.22. The van der Waals surface area contributed by atoms with Crippen molar-refractivity contribution in [3.8, 4) is 33.6 Å². The Morgan fingerprint density at radius 2 is 1.30 bits per heavy atom. The predicted molar refractivity (Wildman–Crippen MR) is 148 cm³/mol. The van der Waals surface area contributed by atoms with Gasteiger partial charge in [0.25, 0.3) is 10.0 Å². The van der Waals surface area contributed by atoms with E-state index in [-0.39, 0.29) is 34.0 Å². The Hall–Kier alpha value is -4.85. The highest BCUT2D eigenvalue weighted by Crippen LogP contribution is 2.40. The average molecular weight is 632 g/mol. The molecule has 7 nitrogen and oxygen atoms in total.